The van der Waals surface area contributed by atoms with Gasteiger partial charge in [0.05, 0.1) is 24.6 Å². The molecule has 0 spiro atoms. The maximum Gasteiger partial charge on any atom is 0.173 e. The Morgan fingerprint density at radius 3 is 2.48 bits per heavy atom. The van der Waals surface area contributed by atoms with Crippen molar-refractivity contribution in [1.29, 1.82) is 0 Å². The summed E-state index contributed by atoms with van der Waals surface area (Å²) in [5.74, 6) is 0. The van der Waals surface area contributed by atoms with Crippen LogP contribution in [-0.2, 0) is 19.6 Å². The van der Waals surface area contributed by atoms with Gasteiger partial charge in [-0.15, -0.1) is 0 Å². The molecule has 164 valence electrons. The first-order valence-corrected chi connectivity index (χ1v) is 11.3. The van der Waals surface area contributed by atoms with E-state index in [0.29, 0.717) is 6.54 Å². The van der Waals surface area contributed by atoms with Gasteiger partial charge in [-0.3, -0.25) is 14.3 Å². The Kier molecular flexibility index (Phi) is 6.67. The lowest BCUT2D eigenvalue weighted by molar-refractivity contribution is 0.176. The number of hydrogen-bond donors (Lipinski definition) is 1. The van der Waals surface area contributed by atoms with E-state index in [-0.39, 0.29) is 0 Å². The van der Waals surface area contributed by atoms with Crippen molar-refractivity contribution in [3.63, 3.8) is 0 Å². The van der Waals surface area contributed by atoms with Crippen molar-refractivity contribution in [2.45, 2.75) is 40.4 Å². The fraction of sp³-hybridized carbons (Fsp3) is 0.435. The third-order valence-electron chi connectivity index (χ3n) is 6.04. The summed E-state index contributed by atoms with van der Waals surface area (Å²) in [5, 5.41) is 13.0. The number of aromatic nitrogens is 4. The summed E-state index contributed by atoms with van der Waals surface area (Å²) in [6.07, 6.45) is 5.76. The molecular weight excluding hydrogens is 406 g/mol. The number of benzene rings is 1. The molecule has 1 fully saturated rings. The van der Waals surface area contributed by atoms with Crippen LogP contribution < -0.4 is 5.32 Å². The molecule has 1 aliphatic rings. The van der Waals surface area contributed by atoms with Crippen molar-refractivity contribution in [2.75, 3.05) is 31.5 Å². The van der Waals surface area contributed by atoms with Crippen molar-refractivity contribution in [2.24, 2.45) is 0 Å². The smallest absolute Gasteiger partial charge is 0.173 e. The summed E-state index contributed by atoms with van der Waals surface area (Å²) < 4.78 is 3.93. The van der Waals surface area contributed by atoms with Gasteiger partial charge in [0.25, 0.3) is 0 Å². The zero-order valence-corrected chi connectivity index (χ0v) is 19.4. The van der Waals surface area contributed by atoms with Gasteiger partial charge in [0.2, 0.25) is 0 Å². The molecule has 3 heterocycles. The van der Waals surface area contributed by atoms with E-state index in [1.807, 2.05) is 28.0 Å². The Balaban J connectivity index is 1.27. The van der Waals surface area contributed by atoms with E-state index in [1.165, 1.54) is 22.4 Å². The first-order chi connectivity index (χ1) is 15.0. The molecule has 0 bridgehead atoms. The summed E-state index contributed by atoms with van der Waals surface area (Å²) in [5.41, 5.74) is 6.06. The van der Waals surface area contributed by atoms with Crippen LogP contribution >= 0.6 is 12.2 Å². The minimum absolute atomic E-state index is 0.706. The lowest BCUT2D eigenvalue weighted by Gasteiger charge is -2.36. The van der Waals surface area contributed by atoms with Crippen molar-refractivity contribution in [1.82, 2.24) is 29.4 Å². The van der Waals surface area contributed by atoms with Gasteiger partial charge in [0, 0.05) is 56.7 Å². The summed E-state index contributed by atoms with van der Waals surface area (Å²) in [6.45, 7) is 12.9. The minimum atomic E-state index is 0.706. The van der Waals surface area contributed by atoms with Gasteiger partial charge in [-0.05, 0) is 44.1 Å². The first kappa shape index (κ1) is 21.5. The third kappa shape index (κ3) is 5.14. The lowest BCUT2D eigenvalue weighted by Crippen LogP contribution is -2.49. The molecule has 0 amide bonds. The highest BCUT2D eigenvalue weighted by atomic mass is 32.1. The molecular formula is C23H31N7S. The molecule has 31 heavy (non-hydrogen) atoms. The van der Waals surface area contributed by atoms with E-state index in [1.54, 1.807) is 0 Å². The molecule has 0 atom stereocenters. The standard InChI is InChI=1S/C23H31N7S/c1-4-30-19(3)21(13-25-30)16-29-17-22(14-24-29)26-23(31)28-11-9-27(10-12-28)15-20-8-6-5-7-18(20)2/h5-8,13-14,17H,4,9-12,15-16H2,1-3H3,(H,26,31). The van der Waals surface area contributed by atoms with Crippen LogP contribution in [0.5, 0.6) is 0 Å². The SMILES string of the molecule is CCn1ncc(Cn2cc(NC(=S)N3CCN(Cc4ccccc4C)CC3)cn2)c1C. The van der Waals surface area contributed by atoms with Gasteiger partial charge in [0.1, 0.15) is 0 Å². The topological polar surface area (TPSA) is 54.2 Å². The van der Waals surface area contributed by atoms with Crippen LogP contribution in [0.2, 0.25) is 0 Å². The Morgan fingerprint density at radius 2 is 1.77 bits per heavy atom. The highest BCUT2D eigenvalue weighted by Gasteiger charge is 2.20. The van der Waals surface area contributed by atoms with E-state index in [4.69, 9.17) is 12.2 Å². The fourth-order valence-corrected chi connectivity index (χ4v) is 4.29. The molecule has 1 aliphatic heterocycles. The Labute approximate surface area is 189 Å². The second kappa shape index (κ2) is 9.62. The summed E-state index contributed by atoms with van der Waals surface area (Å²) in [6, 6.07) is 8.62. The van der Waals surface area contributed by atoms with Gasteiger partial charge in [-0.1, -0.05) is 24.3 Å². The van der Waals surface area contributed by atoms with Crippen LogP contribution in [0.3, 0.4) is 0 Å². The molecule has 4 rings (SSSR count). The average Bonchev–Trinajstić information content (AvgIpc) is 3.36. The normalized spacial score (nSPS) is 14.7. The van der Waals surface area contributed by atoms with Gasteiger partial charge in [0.15, 0.2) is 5.11 Å². The van der Waals surface area contributed by atoms with Crippen LogP contribution in [0.4, 0.5) is 5.69 Å². The summed E-state index contributed by atoms with van der Waals surface area (Å²) >= 11 is 5.67. The van der Waals surface area contributed by atoms with Crippen LogP contribution in [-0.4, -0.2) is 60.7 Å². The lowest BCUT2D eigenvalue weighted by atomic mass is 10.1. The largest absolute Gasteiger partial charge is 0.346 e. The predicted molar refractivity (Wildman–Crippen MR) is 128 cm³/mol. The number of anilines is 1. The van der Waals surface area contributed by atoms with Crippen LogP contribution in [0.15, 0.2) is 42.9 Å². The molecule has 0 aliphatic carbocycles. The van der Waals surface area contributed by atoms with Crippen molar-refractivity contribution in [3.05, 3.63) is 65.2 Å². The zero-order valence-electron chi connectivity index (χ0n) is 18.6. The van der Waals surface area contributed by atoms with Crippen LogP contribution in [0, 0.1) is 13.8 Å². The Morgan fingerprint density at radius 1 is 1.00 bits per heavy atom. The molecule has 1 saturated heterocycles. The number of aryl methyl sites for hydroxylation is 2. The second-order valence-electron chi connectivity index (χ2n) is 8.12. The molecule has 1 N–H and O–H groups in total. The van der Waals surface area contributed by atoms with Gasteiger partial charge < -0.3 is 10.2 Å². The van der Waals surface area contributed by atoms with Gasteiger partial charge in [-0.25, -0.2) is 0 Å². The number of thiocarbonyl (C=S) groups is 1. The van der Waals surface area contributed by atoms with Gasteiger partial charge in [-0.2, -0.15) is 10.2 Å². The molecule has 0 saturated carbocycles. The maximum atomic E-state index is 5.67. The quantitative estimate of drug-likeness (QED) is 0.598. The Bertz CT molecular complexity index is 1030. The zero-order chi connectivity index (χ0) is 21.8. The molecule has 1 aromatic carbocycles. The van der Waals surface area contributed by atoms with Gasteiger partial charge >= 0.3 is 0 Å². The van der Waals surface area contributed by atoms with Crippen LogP contribution in [0.1, 0.15) is 29.3 Å². The number of rotatable bonds is 6. The van der Waals surface area contributed by atoms with E-state index in [0.717, 1.165) is 50.1 Å². The van der Waals surface area contributed by atoms with E-state index in [2.05, 4.69) is 70.4 Å². The molecule has 0 unspecified atom stereocenters. The van der Waals surface area contributed by atoms with Crippen LogP contribution in [0.25, 0.3) is 0 Å². The number of nitrogens with zero attached hydrogens (tertiary/aromatic N) is 6. The minimum Gasteiger partial charge on any atom is -0.346 e. The maximum absolute atomic E-state index is 5.67. The molecule has 3 aromatic rings. The number of piperazine rings is 1. The molecule has 2 aromatic heterocycles. The Hall–Kier alpha value is -2.71. The fourth-order valence-electron chi connectivity index (χ4n) is 3.99. The molecule has 8 heteroatoms. The highest BCUT2D eigenvalue weighted by molar-refractivity contribution is 7.80. The number of hydrogen-bond acceptors (Lipinski definition) is 4. The summed E-state index contributed by atoms with van der Waals surface area (Å²) in [4.78, 5) is 4.74. The summed E-state index contributed by atoms with van der Waals surface area (Å²) in [7, 11) is 0. The average molecular weight is 438 g/mol. The molecule has 7 nitrogen and oxygen atoms in total. The van der Waals surface area contributed by atoms with E-state index in [9.17, 15) is 0 Å². The molecule has 0 radical (unpaired) electrons. The van der Waals surface area contributed by atoms with Crippen molar-refractivity contribution < 1.29 is 0 Å². The van der Waals surface area contributed by atoms with E-state index >= 15 is 0 Å². The van der Waals surface area contributed by atoms with Crippen molar-refractivity contribution >= 4 is 23.0 Å². The van der Waals surface area contributed by atoms with E-state index < -0.39 is 0 Å². The number of nitrogens with one attached hydrogen (secondary N) is 1. The predicted octanol–water partition coefficient (Wildman–Crippen LogP) is 3.28. The second-order valence-corrected chi connectivity index (χ2v) is 8.50. The highest BCUT2D eigenvalue weighted by Crippen LogP contribution is 2.15. The van der Waals surface area contributed by atoms with Crippen molar-refractivity contribution in [3.8, 4) is 0 Å². The third-order valence-corrected chi connectivity index (χ3v) is 6.40. The monoisotopic (exact) mass is 437 g/mol. The first-order valence-electron chi connectivity index (χ1n) is 10.9.